The second-order valence-corrected chi connectivity index (χ2v) is 13.5. The molecule has 1 heterocycles. The van der Waals surface area contributed by atoms with E-state index < -0.39 is 5.92 Å². The number of Topliss-reactive ketones (excluding diaryl/α,β-unsaturated/α-hetero) is 2. The quantitative estimate of drug-likeness (QED) is 0.344. The van der Waals surface area contributed by atoms with Gasteiger partial charge in [-0.2, -0.15) is 0 Å². The van der Waals surface area contributed by atoms with Gasteiger partial charge in [-0.25, -0.2) is 0 Å². The number of carbonyl (C=O) groups excluding carboxylic acids is 2. The van der Waals surface area contributed by atoms with Crippen LogP contribution in [0.25, 0.3) is 0 Å². The zero-order chi connectivity index (χ0) is 28.1. The van der Waals surface area contributed by atoms with Crippen molar-refractivity contribution in [2.45, 2.75) is 72.8 Å². The Labute approximate surface area is 240 Å². The van der Waals surface area contributed by atoms with Gasteiger partial charge in [0, 0.05) is 48.3 Å². The van der Waals surface area contributed by atoms with Gasteiger partial charge in [-0.3, -0.25) is 9.59 Å². The van der Waals surface area contributed by atoms with Crippen LogP contribution in [0.4, 0.5) is 0 Å². The van der Waals surface area contributed by atoms with Gasteiger partial charge in [-0.15, -0.1) is 0 Å². The minimum atomic E-state index is -0.419. The molecule has 0 amide bonds. The molecule has 2 aromatic rings. The molecule has 0 bridgehead atoms. The van der Waals surface area contributed by atoms with Gasteiger partial charge in [0.2, 0.25) is 0 Å². The van der Waals surface area contributed by atoms with E-state index in [0.717, 1.165) is 51.0 Å². The largest absolute Gasteiger partial charge is 0.490 e. The van der Waals surface area contributed by atoms with E-state index in [2.05, 4.69) is 48.5 Å². The molecule has 0 saturated heterocycles. The van der Waals surface area contributed by atoms with Crippen LogP contribution >= 0.6 is 15.9 Å². The highest BCUT2D eigenvalue weighted by Crippen LogP contribution is 2.55. The second kappa shape index (κ2) is 10.3. The lowest BCUT2D eigenvalue weighted by Crippen LogP contribution is -2.43. The molecule has 1 aliphatic heterocycles. The molecule has 6 heteroatoms. The van der Waals surface area contributed by atoms with Crippen molar-refractivity contribution >= 4 is 27.5 Å². The molecule has 39 heavy (non-hydrogen) atoms. The topological polar surface area (TPSA) is 55.8 Å². The molecule has 0 unspecified atom stereocenters. The third-order valence-corrected chi connectivity index (χ3v) is 8.66. The standard InChI is InChI=1S/C33H38BrNO4/c1-7-38-27-14-21(13-22(34)31(27)39-19-20-11-9-8-10-12-20)28-29-23(15-32(2,3)17-25(29)36)35(6)24-16-33(4,5)18-26(37)30(24)28/h8-14,28H,7,15-19H2,1-6H3. The number of hydrogen-bond acceptors (Lipinski definition) is 5. The first kappa shape index (κ1) is 27.7. The molecule has 0 atom stereocenters. The molecule has 5 rings (SSSR count). The molecular weight excluding hydrogens is 554 g/mol. The Kier molecular flexibility index (Phi) is 7.30. The highest BCUT2D eigenvalue weighted by atomic mass is 79.9. The van der Waals surface area contributed by atoms with Gasteiger partial charge in [-0.1, -0.05) is 58.0 Å². The van der Waals surface area contributed by atoms with E-state index in [-0.39, 0.29) is 22.4 Å². The second-order valence-electron chi connectivity index (χ2n) is 12.6. The number of hydrogen-bond donors (Lipinski definition) is 0. The van der Waals surface area contributed by atoms with Crippen molar-refractivity contribution in [2.75, 3.05) is 13.7 Å². The lowest BCUT2D eigenvalue weighted by molar-refractivity contribution is -0.119. The van der Waals surface area contributed by atoms with Crippen LogP contribution in [0.3, 0.4) is 0 Å². The Morgan fingerprint density at radius 3 is 1.97 bits per heavy atom. The van der Waals surface area contributed by atoms with E-state index in [4.69, 9.17) is 9.47 Å². The Morgan fingerprint density at radius 2 is 1.44 bits per heavy atom. The number of allylic oxidation sites excluding steroid dienone is 4. The Hall–Kier alpha value is -2.86. The summed E-state index contributed by atoms with van der Waals surface area (Å²) in [5.74, 6) is 1.06. The van der Waals surface area contributed by atoms with E-state index in [1.54, 1.807) is 0 Å². The van der Waals surface area contributed by atoms with Crippen molar-refractivity contribution in [1.82, 2.24) is 4.90 Å². The summed E-state index contributed by atoms with van der Waals surface area (Å²) >= 11 is 3.75. The average Bonchev–Trinajstić information content (AvgIpc) is 2.84. The first-order chi connectivity index (χ1) is 18.4. The van der Waals surface area contributed by atoms with Crippen molar-refractivity contribution in [1.29, 1.82) is 0 Å². The van der Waals surface area contributed by atoms with E-state index >= 15 is 0 Å². The van der Waals surface area contributed by atoms with Gasteiger partial charge >= 0.3 is 0 Å². The lowest BCUT2D eigenvalue weighted by Gasteiger charge is -2.48. The summed E-state index contributed by atoms with van der Waals surface area (Å²) in [7, 11) is 2.03. The zero-order valence-electron chi connectivity index (χ0n) is 23.8. The lowest BCUT2D eigenvalue weighted by atomic mass is 9.64. The maximum Gasteiger partial charge on any atom is 0.175 e. The maximum atomic E-state index is 13.8. The summed E-state index contributed by atoms with van der Waals surface area (Å²) < 4.78 is 13.1. The molecule has 2 aromatic carbocycles. The van der Waals surface area contributed by atoms with Crippen LogP contribution in [0.1, 0.15) is 77.3 Å². The molecule has 3 aliphatic rings. The third kappa shape index (κ3) is 5.32. The summed E-state index contributed by atoms with van der Waals surface area (Å²) in [5, 5.41) is 0. The summed E-state index contributed by atoms with van der Waals surface area (Å²) in [5.41, 5.74) is 5.29. The number of rotatable bonds is 6. The Balaban J connectivity index is 1.65. The van der Waals surface area contributed by atoms with Gasteiger partial charge in [0.1, 0.15) is 6.61 Å². The maximum absolute atomic E-state index is 13.8. The van der Waals surface area contributed by atoms with Crippen molar-refractivity contribution < 1.29 is 19.1 Å². The van der Waals surface area contributed by atoms with Crippen LogP contribution in [0.2, 0.25) is 0 Å². The summed E-state index contributed by atoms with van der Waals surface area (Å²) in [4.78, 5) is 29.8. The van der Waals surface area contributed by atoms with E-state index in [1.165, 1.54) is 0 Å². The van der Waals surface area contributed by atoms with Crippen molar-refractivity contribution in [2.24, 2.45) is 10.8 Å². The van der Waals surface area contributed by atoms with Gasteiger partial charge in [0.15, 0.2) is 23.1 Å². The van der Waals surface area contributed by atoms with Crippen LogP contribution in [0, 0.1) is 10.8 Å². The van der Waals surface area contributed by atoms with Crippen LogP contribution in [0.15, 0.2) is 69.5 Å². The fourth-order valence-corrected chi connectivity index (χ4v) is 6.96. The van der Waals surface area contributed by atoms with Gasteiger partial charge in [0.05, 0.1) is 11.1 Å². The molecular formula is C33H38BrNO4. The van der Waals surface area contributed by atoms with Gasteiger partial charge in [0.25, 0.3) is 0 Å². The summed E-state index contributed by atoms with van der Waals surface area (Å²) in [6.07, 6.45) is 2.53. The van der Waals surface area contributed by atoms with E-state index in [1.807, 2.05) is 56.4 Å². The number of carbonyl (C=O) groups is 2. The minimum Gasteiger partial charge on any atom is -0.490 e. The number of halogens is 1. The average molecular weight is 593 g/mol. The molecule has 0 N–H and O–H groups in total. The molecule has 2 aliphatic carbocycles. The number of ether oxygens (including phenoxy) is 2. The Morgan fingerprint density at radius 1 is 0.872 bits per heavy atom. The molecule has 5 nitrogen and oxygen atoms in total. The predicted molar refractivity (Wildman–Crippen MR) is 157 cm³/mol. The number of ketones is 2. The normalized spacial score (nSPS) is 20.6. The molecule has 0 spiro atoms. The van der Waals surface area contributed by atoms with Crippen LogP contribution in [0.5, 0.6) is 11.5 Å². The zero-order valence-corrected chi connectivity index (χ0v) is 25.4. The van der Waals surface area contributed by atoms with Crippen molar-refractivity contribution in [3.63, 3.8) is 0 Å². The first-order valence-electron chi connectivity index (χ1n) is 13.8. The highest BCUT2D eigenvalue weighted by Gasteiger charge is 2.48. The summed E-state index contributed by atoms with van der Waals surface area (Å²) in [6, 6.07) is 14.0. The van der Waals surface area contributed by atoms with E-state index in [9.17, 15) is 9.59 Å². The molecule has 0 fully saturated rings. The SMILES string of the molecule is CCOc1cc(C2C3=C(CC(C)(C)CC3=O)N(C)C3=C2C(=O)CC(C)(C)C3)cc(Br)c1OCc1ccccc1. The fraction of sp³-hybridized carbons (Fsp3) is 0.455. The monoisotopic (exact) mass is 591 g/mol. The van der Waals surface area contributed by atoms with Gasteiger partial charge in [-0.05, 0) is 69.8 Å². The molecule has 0 saturated carbocycles. The number of nitrogens with zero attached hydrogens (tertiary/aromatic N) is 1. The minimum absolute atomic E-state index is 0.126. The van der Waals surface area contributed by atoms with Crippen LogP contribution in [-0.2, 0) is 16.2 Å². The molecule has 0 radical (unpaired) electrons. The third-order valence-electron chi connectivity index (χ3n) is 8.07. The number of benzene rings is 2. The van der Waals surface area contributed by atoms with Crippen molar-refractivity contribution in [3.05, 3.63) is 80.6 Å². The molecule has 0 aromatic heterocycles. The first-order valence-corrected chi connectivity index (χ1v) is 14.6. The predicted octanol–water partition coefficient (Wildman–Crippen LogP) is 7.74. The van der Waals surface area contributed by atoms with E-state index in [0.29, 0.717) is 37.6 Å². The Bertz CT molecular complexity index is 1330. The highest BCUT2D eigenvalue weighted by molar-refractivity contribution is 9.10. The summed E-state index contributed by atoms with van der Waals surface area (Å²) in [6.45, 7) is 11.4. The van der Waals surface area contributed by atoms with Crippen LogP contribution in [-0.4, -0.2) is 30.1 Å². The van der Waals surface area contributed by atoms with Crippen molar-refractivity contribution in [3.8, 4) is 11.5 Å². The van der Waals surface area contributed by atoms with Crippen LogP contribution < -0.4 is 9.47 Å². The van der Waals surface area contributed by atoms with Gasteiger partial charge < -0.3 is 14.4 Å². The molecule has 206 valence electrons. The fourth-order valence-electron chi connectivity index (χ4n) is 6.39. The smallest absolute Gasteiger partial charge is 0.175 e.